The standard InChI is InChI=1S/C22H31N/c1-6-7-8-18(4)20-11-15-22(16-12-20)23(5)21-13-9-19(10-14-21)17(2)3/h9-18H,6-8H2,1-5H3. The van der Waals surface area contributed by atoms with Crippen molar-refractivity contribution in [1.82, 2.24) is 0 Å². The Balaban J connectivity index is 2.09. The van der Waals surface area contributed by atoms with Gasteiger partial charge in [0, 0.05) is 18.4 Å². The molecule has 0 spiro atoms. The van der Waals surface area contributed by atoms with Gasteiger partial charge in [-0.1, -0.05) is 64.8 Å². The summed E-state index contributed by atoms with van der Waals surface area (Å²) >= 11 is 0. The maximum atomic E-state index is 2.33. The molecule has 0 amide bonds. The zero-order chi connectivity index (χ0) is 16.8. The van der Waals surface area contributed by atoms with E-state index in [1.807, 2.05) is 0 Å². The number of rotatable bonds is 7. The first-order valence-corrected chi connectivity index (χ1v) is 8.96. The highest BCUT2D eigenvalue weighted by Crippen LogP contribution is 2.28. The molecule has 1 atom stereocenters. The Bertz CT molecular complexity index is 580. The van der Waals surface area contributed by atoms with E-state index in [9.17, 15) is 0 Å². The van der Waals surface area contributed by atoms with Crippen LogP contribution < -0.4 is 4.90 Å². The summed E-state index contributed by atoms with van der Waals surface area (Å²) in [6, 6.07) is 18.0. The van der Waals surface area contributed by atoms with Crippen molar-refractivity contribution in [2.75, 3.05) is 11.9 Å². The molecular weight excluding hydrogens is 278 g/mol. The van der Waals surface area contributed by atoms with Crippen molar-refractivity contribution in [3.8, 4) is 0 Å². The number of benzene rings is 2. The average Bonchev–Trinajstić information content (AvgIpc) is 2.59. The quantitative estimate of drug-likeness (QED) is 0.539. The summed E-state index contributed by atoms with van der Waals surface area (Å²) in [6.07, 6.45) is 3.87. The fourth-order valence-electron chi connectivity index (χ4n) is 2.94. The molecule has 0 saturated carbocycles. The number of nitrogens with zero attached hydrogens (tertiary/aromatic N) is 1. The van der Waals surface area contributed by atoms with Crippen LogP contribution in [0.3, 0.4) is 0 Å². The molecule has 0 radical (unpaired) electrons. The van der Waals surface area contributed by atoms with Gasteiger partial charge in [-0.15, -0.1) is 0 Å². The van der Waals surface area contributed by atoms with E-state index in [1.165, 1.54) is 41.8 Å². The van der Waals surface area contributed by atoms with Gasteiger partial charge in [0.2, 0.25) is 0 Å². The van der Waals surface area contributed by atoms with Crippen molar-refractivity contribution >= 4 is 11.4 Å². The Morgan fingerprint density at radius 3 is 1.70 bits per heavy atom. The highest BCUT2D eigenvalue weighted by Gasteiger charge is 2.08. The zero-order valence-electron chi connectivity index (χ0n) is 15.3. The molecule has 0 aliphatic heterocycles. The topological polar surface area (TPSA) is 3.24 Å². The normalized spacial score (nSPS) is 12.4. The van der Waals surface area contributed by atoms with Crippen LogP contribution in [0.1, 0.15) is 69.9 Å². The van der Waals surface area contributed by atoms with Crippen LogP contribution >= 0.6 is 0 Å². The third kappa shape index (κ3) is 4.60. The van der Waals surface area contributed by atoms with Gasteiger partial charge < -0.3 is 4.90 Å². The molecule has 1 unspecified atom stereocenters. The zero-order valence-corrected chi connectivity index (χ0v) is 15.3. The smallest absolute Gasteiger partial charge is 0.0408 e. The van der Waals surface area contributed by atoms with Crippen LogP contribution in [0.25, 0.3) is 0 Å². The molecular formula is C22H31N. The molecule has 124 valence electrons. The number of hydrogen-bond acceptors (Lipinski definition) is 1. The predicted octanol–water partition coefficient (Wildman–Crippen LogP) is 6.87. The van der Waals surface area contributed by atoms with Gasteiger partial charge in [-0.25, -0.2) is 0 Å². The van der Waals surface area contributed by atoms with Gasteiger partial charge in [0.1, 0.15) is 0 Å². The highest BCUT2D eigenvalue weighted by atomic mass is 15.1. The van der Waals surface area contributed by atoms with Crippen molar-refractivity contribution in [2.24, 2.45) is 0 Å². The summed E-state index contributed by atoms with van der Waals surface area (Å²) in [5, 5.41) is 0. The average molecular weight is 309 g/mol. The Morgan fingerprint density at radius 1 is 0.783 bits per heavy atom. The first-order valence-electron chi connectivity index (χ1n) is 8.96. The molecule has 2 rings (SSSR count). The maximum Gasteiger partial charge on any atom is 0.0408 e. The first-order chi connectivity index (χ1) is 11.0. The van der Waals surface area contributed by atoms with Gasteiger partial charge in [0.25, 0.3) is 0 Å². The third-order valence-corrected chi connectivity index (χ3v) is 4.79. The lowest BCUT2D eigenvalue weighted by molar-refractivity contribution is 0.624. The lowest BCUT2D eigenvalue weighted by Crippen LogP contribution is -2.09. The van der Waals surface area contributed by atoms with E-state index in [1.54, 1.807) is 0 Å². The largest absolute Gasteiger partial charge is 0.345 e. The van der Waals surface area contributed by atoms with E-state index in [0.717, 1.165) is 0 Å². The van der Waals surface area contributed by atoms with Gasteiger partial charge in [0.15, 0.2) is 0 Å². The van der Waals surface area contributed by atoms with E-state index in [0.29, 0.717) is 11.8 Å². The van der Waals surface area contributed by atoms with E-state index in [-0.39, 0.29) is 0 Å². The van der Waals surface area contributed by atoms with Crippen molar-refractivity contribution in [3.05, 3.63) is 59.7 Å². The molecule has 1 heteroatoms. The van der Waals surface area contributed by atoms with E-state index in [2.05, 4.69) is 88.2 Å². The minimum absolute atomic E-state index is 0.582. The molecule has 0 aliphatic rings. The number of hydrogen-bond donors (Lipinski definition) is 0. The van der Waals surface area contributed by atoms with E-state index >= 15 is 0 Å². The summed E-state index contributed by atoms with van der Waals surface area (Å²) < 4.78 is 0. The predicted molar refractivity (Wildman–Crippen MR) is 103 cm³/mol. The molecule has 1 nitrogen and oxygen atoms in total. The molecule has 0 N–H and O–H groups in total. The first kappa shape index (κ1) is 17.6. The number of anilines is 2. The summed E-state index contributed by atoms with van der Waals surface area (Å²) in [7, 11) is 2.14. The molecule has 0 fully saturated rings. The van der Waals surface area contributed by atoms with Gasteiger partial charge >= 0.3 is 0 Å². The molecule has 0 saturated heterocycles. The summed E-state index contributed by atoms with van der Waals surface area (Å²) in [4.78, 5) is 2.25. The molecule has 0 aromatic heterocycles. The third-order valence-electron chi connectivity index (χ3n) is 4.79. The lowest BCUT2D eigenvalue weighted by Gasteiger charge is -2.21. The van der Waals surface area contributed by atoms with Crippen molar-refractivity contribution in [1.29, 1.82) is 0 Å². The summed E-state index contributed by atoms with van der Waals surface area (Å²) in [5.41, 5.74) is 5.32. The summed E-state index contributed by atoms with van der Waals surface area (Å²) in [6.45, 7) is 9.06. The molecule has 23 heavy (non-hydrogen) atoms. The minimum Gasteiger partial charge on any atom is -0.345 e. The molecule has 2 aromatic carbocycles. The van der Waals surface area contributed by atoms with E-state index < -0.39 is 0 Å². The van der Waals surface area contributed by atoms with Crippen LogP contribution in [-0.2, 0) is 0 Å². The Labute approximate surface area is 142 Å². The maximum absolute atomic E-state index is 2.33. The molecule has 0 bridgehead atoms. The van der Waals surface area contributed by atoms with Gasteiger partial charge in [-0.3, -0.25) is 0 Å². The SMILES string of the molecule is CCCCC(C)c1ccc(N(C)c2ccc(C(C)C)cc2)cc1. The second kappa shape index (κ2) is 8.19. The van der Waals surface area contributed by atoms with Gasteiger partial charge in [-0.2, -0.15) is 0 Å². The van der Waals surface area contributed by atoms with E-state index in [4.69, 9.17) is 0 Å². The second-order valence-electron chi connectivity index (χ2n) is 6.94. The van der Waals surface area contributed by atoms with Gasteiger partial charge in [-0.05, 0) is 53.6 Å². The second-order valence-corrected chi connectivity index (χ2v) is 6.94. The van der Waals surface area contributed by atoms with Crippen molar-refractivity contribution < 1.29 is 0 Å². The highest BCUT2D eigenvalue weighted by molar-refractivity contribution is 5.63. The lowest BCUT2D eigenvalue weighted by atomic mass is 9.95. The number of unbranched alkanes of at least 4 members (excludes halogenated alkanes) is 1. The monoisotopic (exact) mass is 309 g/mol. The van der Waals surface area contributed by atoms with Crippen molar-refractivity contribution in [2.45, 2.75) is 58.8 Å². The van der Waals surface area contributed by atoms with Crippen molar-refractivity contribution in [3.63, 3.8) is 0 Å². The molecule has 2 aromatic rings. The summed E-state index contributed by atoms with van der Waals surface area (Å²) in [5.74, 6) is 1.23. The van der Waals surface area contributed by atoms with Crippen LogP contribution in [-0.4, -0.2) is 7.05 Å². The van der Waals surface area contributed by atoms with Gasteiger partial charge in [0.05, 0.1) is 0 Å². The Morgan fingerprint density at radius 2 is 1.26 bits per heavy atom. The van der Waals surface area contributed by atoms with Crippen LogP contribution in [0.5, 0.6) is 0 Å². The molecule has 0 aliphatic carbocycles. The Hall–Kier alpha value is -1.76. The minimum atomic E-state index is 0.582. The molecule has 0 heterocycles. The fourth-order valence-corrected chi connectivity index (χ4v) is 2.94. The van der Waals surface area contributed by atoms with Crippen LogP contribution in [0.2, 0.25) is 0 Å². The fraction of sp³-hybridized carbons (Fsp3) is 0.455. The van der Waals surface area contributed by atoms with Crippen LogP contribution in [0.4, 0.5) is 11.4 Å². The Kier molecular flexibility index (Phi) is 6.27. The van der Waals surface area contributed by atoms with Crippen LogP contribution in [0, 0.1) is 0 Å². The van der Waals surface area contributed by atoms with Crippen LogP contribution in [0.15, 0.2) is 48.5 Å².